The highest BCUT2D eigenvalue weighted by Crippen LogP contribution is 2.31. The molecule has 52 valence electrons. The lowest BCUT2D eigenvalue weighted by molar-refractivity contribution is 0.257. The van der Waals surface area contributed by atoms with E-state index in [0.29, 0.717) is 5.37 Å². The van der Waals surface area contributed by atoms with Crippen molar-refractivity contribution in [2.45, 2.75) is 17.9 Å². The van der Waals surface area contributed by atoms with Gasteiger partial charge < -0.3 is 0 Å². The van der Waals surface area contributed by atoms with Crippen molar-refractivity contribution in [3.05, 3.63) is 0 Å². The molecule has 0 aromatic heterocycles. The molecule has 0 aromatic carbocycles. The third kappa shape index (κ3) is 1.02. The lowest BCUT2D eigenvalue weighted by Crippen LogP contribution is -2.21. The van der Waals surface area contributed by atoms with Gasteiger partial charge in [0.2, 0.25) is 11.3 Å². The molecule has 3 nitrogen and oxygen atoms in total. The Kier molecular flexibility index (Phi) is 1.52. The van der Waals surface area contributed by atoms with Gasteiger partial charge in [-0.2, -0.15) is 4.72 Å². The zero-order chi connectivity index (χ0) is 6.27. The molecule has 9 heavy (non-hydrogen) atoms. The van der Waals surface area contributed by atoms with Crippen LogP contribution in [0.2, 0.25) is 0 Å². The smallest absolute Gasteiger partial charge is 0.235 e. The Labute approximate surface area is 60.3 Å². The topological polar surface area (TPSA) is 38.3 Å². The van der Waals surface area contributed by atoms with Crippen LogP contribution >= 0.6 is 11.8 Å². The van der Waals surface area contributed by atoms with Gasteiger partial charge in [-0.3, -0.25) is 4.18 Å². The number of rotatable bonds is 0. The minimum absolute atomic E-state index is 0.204. The van der Waals surface area contributed by atoms with Gasteiger partial charge in [-0.25, -0.2) is 4.21 Å². The molecule has 0 aromatic rings. The SMILES string of the molecule is O=S1NC2SCCC2O1. The number of nitrogens with one attached hydrogen (secondary N) is 1. The average Bonchev–Trinajstić information content (AvgIpc) is 2.22. The van der Waals surface area contributed by atoms with Crippen LogP contribution in [0.3, 0.4) is 0 Å². The number of thioether (sulfide) groups is 1. The van der Waals surface area contributed by atoms with E-state index in [4.69, 9.17) is 4.18 Å². The molecule has 2 fully saturated rings. The first kappa shape index (κ1) is 6.15. The van der Waals surface area contributed by atoms with E-state index in [2.05, 4.69) is 4.72 Å². The molecule has 5 heteroatoms. The van der Waals surface area contributed by atoms with E-state index in [1.54, 1.807) is 11.8 Å². The van der Waals surface area contributed by atoms with Gasteiger partial charge in [0.15, 0.2) is 0 Å². The fourth-order valence-electron chi connectivity index (χ4n) is 1.01. The molecular weight excluding hydrogens is 158 g/mol. The summed E-state index contributed by atoms with van der Waals surface area (Å²) >= 11 is 0.585. The van der Waals surface area contributed by atoms with E-state index >= 15 is 0 Å². The Bertz CT molecular complexity index is 138. The monoisotopic (exact) mass is 165 g/mol. The second-order valence-electron chi connectivity index (χ2n) is 2.07. The third-order valence-corrected chi connectivity index (χ3v) is 3.73. The summed E-state index contributed by atoms with van der Waals surface area (Å²) < 4.78 is 18.5. The van der Waals surface area contributed by atoms with Crippen LogP contribution in [0.4, 0.5) is 0 Å². The maximum Gasteiger partial charge on any atom is 0.235 e. The van der Waals surface area contributed by atoms with E-state index in [1.807, 2.05) is 0 Å². The van der Waals surface area contributed by atoms with Crippen LogP contribution < -0.4 is 4.72 Å². The van der Waals surface area contributed by atoms with Crippen molar-refractivity contribution in [2.24, 2.45) is 0 Å². The Balaban J connectivity index is 2.09. The minimum atomic E-state index is -1.20. The van der Waals surface area contributed by atoms with Crippen LogP contribution in [-0.2, 0) is 15.4 Å². The quantitative estimate of drug-likeness (QED) is 0.550. The Morgan fingerprint density at radius 1 is 1.78 bits per heavy atom. The van der Waals surface area contributed by atoms with Crippen molar-refractivity contribution < 1.29 is 8.39 Å². The molecule has 2 aliphatic rings. The lowest BCUT2D eigenvalue weighted by Gasteiger charge is -1.99. The first-order chi connectivity index (χ1) is 4.36. The highest BCUT2D eigenvalue weighted by molar-refractivity contribution is 8.00. The highest BCUT2D eigenvalue weighted by atomic mass is 32.2. The molecule has 2 saturated heterocycles. The summed E-state index contributed by atoms with van der Waals surface area (Å²) in [5.74, 6) is 1.12. The van der Waals surface area contributed by atoms with Crippen LogP contribution in [0.5, 0.6) is 0 Å². The molecule has 0 aliphatic carbocycles. The Hall–Kier alpha value is 0.420. The normalized spacial score (nSPS) is 49.6. The van der Waals surface area contributed by atoms with E-state index < -0.39 is 11.3 Å². The van der Waals surface area contributed by atoms with Crippen molar-refractivity contribution in [1.82, 2.24) is 4.72 Å². The predicted molar refractivity (Wildman–Crippen MR) is 37.0 cm³/mol. The maximum absolute atomic E-state index is 10.6. The van der Waals surface area contributed by atoms with Crippen LogP contribution in [0, 0.1) is 0 Å². The molecule has 0 saturated carbocycles. The molecule has 0 radical (unpaired) electrons. The molecule has 2 rings (SSSR count). The summed E-state index contributed by atoms with van der Waals surface area (Å²) in [6.45, 7) is 0. The van der Waals surface area contributed by atoms with E-state index in [9.17, 15) is 4.21 Å². The molecule has 3 unspecified atom stereocenters. The first-order valence-corrected chi connectivity index (χ1v) is 4.95. The van der Waals surface area contributed by atoms with Crippen molar-refractivity contribution in [2.75, 3.05) is 5.75 Å². The second kappa shape index (κ2) is 2.23. The summed E-state index contributed by atoms with van der Waals surface area (Å²) in [6, 6.07) is 0. The van der Waals surface area contributed by atoms with E-state index in [0.717, 1.165) is 12.2 Å². The molecular formula is C4H7NO2S2. The molecule has 1 N–H and O–H groups in total. The van der Waals surface area contributed by atoms with E-state index in [1.165, 1.54) is 0 Å². The van der Waals surface area contributed by atoms with Gasteiger partial charge in [-0.05, 0) is 12.2 Å². The fraction of sp³-hybridized carbons (Fsp3) is 1.00. The predicted octanol–water partition coefficient (Wildman–Crippen LogP) is 0.0165. The highest BCUT2D eigenvalue weighted by Gasteiger charge is 2.37. The average molecular weight is 165 g/mol. The van der Waals surface area contributed by atoms with Gasteiger partial charge in [-0.15, -0.1) is 11.8 Å². The summed E-state index contributed by atoms with van der Waals surface area (Å²) in [7, 11) is 0. The zero-order valence-electron chi connectivity index (χ0n) is 4.70. The van der Waals surface area contributed by atoms with Gasteiger partial charge in [0.05, 0.1) is 5.37 Å². The molecule has 0 spiro atoms. The number of hydrogen-bond acceptors (Lipinski definition) is 3. The Morgan fingerprint density at radius 3 is 3.44 bits per heavy atom. The Morgan fingerprint density at radius 2 is 2.67 bits per heavy atom. The second-order valence-corrected chi connectivity index (χ2v) is 4.21. The van der Waals surface area contributed by atoms with Crippen LogP contribution in [-0.4, -0.2) is 21.4 Å². The first-order valence-electron chi connectivity index (χ1n) is 2.83. The van der Waals surface area contributed by atoms with Gasteiger partial charge in [0.1, 0.15) is 6.10 Å². The number of fused-ring (bicyclic) bond motifs is 1. The van der Waals surface area contributed by atoms with Crippen LogP contribution in [0.1, 0.15) is 6.42 Å². The molecule has 0 amide bonds. The molecule has 2 aliphatic heterocycles. The molecule has 2 heterocycles. The summed E-state index contributed by atoms with van der Waals surface area (Å²) in [4.78, 5) is 0. The number of hydrogen-bond donors (Lipinski definition) is 1. The van der Waals surface area contributed by atoms with E-state index in [-0.39, 0.29) is 6.10 Å². The third-order valence-electron chi connectivity index (χ3n) is 1.46. The standard InChI is InChI=1S/C4H7NO2S2/c6-9-5-4-3(7-9)1-2-8-4/h3-5H,1-2H2. The molecule has 3 atom stereocenters. The summed E-state index contributed by atoms with van der Waals surface area (Å²) in [6.07, 6.45) is 1.24. The van der Waals surface area contributed by atoms with Crippen molar-refractivity contribution in [3.8, 4) is 0 Å². The minimum Gasteiger partial charge on any atom is -0.272 e. The summed E-state index contributed by atoms with van der Waals surface area (Å²) in [5.41, 5.74) is 0. The summed E-state index contributed by atoms with van der Waals surface area (Å²) in [5, 5.41) is 0.297. The van der Waals surface area contributed by atoms with Gasteiger partial charge in [0, 0.05) is 0 Å². The largest absolute Gasteiger partial charge is 0.272 e. The molecule has 0 bridgehead atoms. The van der Waals surface area contributed by atoms with Crippen LogP contribution in [0.25, 0.3) is 0 Å². The van der Waals surface area contributed by atoms with Crippen molar-refractivity contribution in [1.29, 1.82) is 0 Å². The fourth-order valence-corrected chi connectivity index (χ4v) is 3.45. The van der Waals surface area contributed by atoms with Gasteiger partial charge in [-0.1, -0.05) is 0 Å². The maximum atomic E-state index is 10.6. The zero-order valence-corrected chi connectivity index (χ0v) is 6.33. The van der Waals surface area contributed by atoms with Gasteiger partial charge >= 0.3 is 0 Å². The van der Waals surface area contributed by atoms with Crippen molar-refractivity contribution >= 4 is 23.0 Å². The van der Waals surface area contributed by atoms with Crippen molar-refractivity contribution in [3.63, 3.8) is 0 Å². The van der Waals surface area contributed by atoms with Crippen LogP contribution in [0.15, 0.2) is 0 Å². The lowest BCUT2D eigenvalue weighted by atomic mass is 10.3. The van der Waals surface area contributed by atoms with Gasteiger partial charge in [0.25, 0.3) is 0 Å².